The Morgan fingerprint density at radius 2 is 2.45 bits per heavy atom. The van der Waals surface area contributed by atoms with Crippen molar-refractivity contribution in [3.05, 3.63) is 34.4 Å². The quantitative estimate of drug-likeness (QED) is 0.319. The van der Waals surface area contributed by atoms with Crippen LogP contribution in [0.3, 0.4) is 0 Å². The third kappa shape index (κ3) is 0.867. The van der Waals surface area contributed by atoms with Crippen LogP contribution in [-0.2, 0) is 4.74 Å². The Hall–Kier alpha value is -1.16. The lowest BCUT2D eigenvalue weighted by Crippen LogP contribution is -2.17. The molecule has 2 atom stereocenters. The summed E-state index contributed by atoms with van der Waals surface area (Å²) < 4.78 is 4.97. The molecule has 0 aromatic heterocycles. The van der Waals surface area contributed by atoms with Crippen LogP contribution in [0, 0.1) is 10.1 Å². The maximum atomic E-state index is 10.3. The molecule has 1 aliphatic heterocycles. The lowest BCUT2D eigenvalue weighted by molar-refractivity contribution is -0.517. The van der Waals surface area contributed by atoms with Crippen LogP contribution in [0.2, 0.25) is 0 Å². The minimum Gasteiger partial charge on any atom is -0.293 e. The summed E-state index contributed by atoms with van der Waals surface area (Å²) in [6, 6.07) is 0. The molecule has 0 radical (unpaired) electrons. The summed E-state index contributed by atoms with van der Waals surface area (Å²) >= 11 is 0. The number of hydrogen-bond acceptors (Lipinski definition) is 3. The molecule has 0 amide bonds. The topological polar surface area (TPSA) is 55.7 Å². The Morgan fingerprint density at radius 3 is 2.91 bits per heavy atom. The molecule has 2 unspecified atom stereocenters. The fraction of sp³-hybridized carbons (Fsp3) is 0.429. The van der Waals surface area contributed by atoms with Gasteiger partial charge in [-0.25, -0.2) is 0 Å². The predicted octanol–water partition coefficient (Wildman–Crippen LogP) is 0.874. The molecule has 0 saturated carbocycles. The monoisotopic (exact) mass is 153 g/mol. The molecule has 4 heteroatoms. The lowest BCUT2D eigenvalue weighted by atomic mass is 10.0. The van der Waals surface area contributed by atoms with Crippen LogP contribution >= 0.6 is 0 Å². The Labute approximate surface area is 63.3 Å². The Morgan fingerprint density at radius 1 is 1.64 bits per heavy atom. The van der Waals surface area contributed by atoms with E-state index in [2.05, 4.69) is 0 Å². The van der Waals surface area contributed by atoms with Gasteiger partial charge in [-0.3, -0.25) is 14.9 Å². The van der Waals surface area contributed by atoms with Gasteiger partial charge in [-0.2, -0.15) is 0 Å². The number of nitrogens with zero attached hydrogens (tertiary/aromatic N) is 1. The van der Waals surface area contributed by atoms with Gasteiger partial charge in [0, 0.05) is 6.42 Å². The number of ether oxygens (including phenoxy) is 1. The van der Waals surface area contributed by atoms with Crippen LogP contribution in [0.1, 0.15) is 6.42 Å². The maximum absolute atomic E-state index is 10.3. The van der Waals surface area contributed by atoms with Crippen molar-refractivity contribution in [3.8, 4) is 0 Å². The number of rotatable bonds is 1. The Kier molecular flexibility index (Phi) is 1.14. The van der Waals surface area contributed by atoms with E-state index in [0.717, 1.165) is 0 Å². The van der Waals surface area contributed by atoms with Crippen LogP contribution in [0.4, 0.5) is 0 Å². The van der Waals surface area contributed by atoms with Crippen molar-refractivity contribution in [3.63, 3.8) is 0 Å². The van der Waals surface area contributed by atoms with Gasteiger partial charge in [-0.1, -0.05) is 18.2 Å². The molecule has 11 heavy (non-hydrogen) atoms. The van der Waals surface area contributed by atoms with E-state index in [1.807, 2.05) is 12.2 Å². The Bertz CT molecular complexity index is 258. The van der Waals surface area contributed by atoms with Crippen molar-refractivity contribution in [1.29, 1.82) is 0 Å². The predicted molar refractivity (Wildman–Crippen MR) is 37.5 cm³/mol. The van der Waals surface area contributed by atoms with Gasteiger partial charge in [0.05, 0.1) is 4.92 Å². The molecule has 1 saturated heterocycles. The minimum absolute atomic E-state index is 0.385. The van der Waals surface area contributed by atoms with E-state index in [1.54, 1.807) is 12.2 Å². The molecule has 0 aromatic carbocycles. The summed E-state index contributed by atoms with van der Waals surface area (Å²) in [5.41, 5.74) is -0.599. The van der Waals surface area contributed by atoms with Crippen LogP contribution in [0.25, 0.3) is 0 Å². The van der Waals surface area contributed by atoms with Crippen molar-refractivity contribution < 1.29 is 9.66 Å². The highest BCUT2D eigenvalue weighted by molar-refractivity contribution is 5.24. The van der Waals surface area contributed by atoms with Crippen LogP contribution in [-0.4, -0.2) is 16.8 Å². The molecule has 1 spiro atoms. The van der Waals surface area contributed by atoms with Gasteiger partial charge in [0.1, 0.15) is 0 Å². The summed E-state index contributed by atoms with van der Waals surface area (Å²) in [6.07, 6.45) is 7.08. The molecule has 58 valence electrons. The number of nitro groups is 1. The number of epoxide rings is 1. The summed E-state index contributed by atoms with van der Waals surface area (Å²) in [5, 5.41) is 10.3. The van der Waals surface area contributed by atoms with Gasteiger partial charge in [0.15, 0.2) is 5.60 Å². The molecule has 2 rings (SSSR count). The van der Waals surface area contributed by atoms with E-state index in [9.17, 15) is 10.1 Å². The second kappa shape index (κ2) is 1.92. The first kappa shape index (κ1) is 6.54. The highest BCUT2D eigenvalue weighted by atomic mass is 16.7. The molecule has 4 nitrogen and oxygen atoms in total. The van der Waals surface area contributed by atoms with Crippen molar-refractivity contribution in [1.82, 2.24) is 0 Å². The molecule has 0 aromatic rings. The van der Waals surface area contributed by atoms with Gasteiger partial charge < -0.3 is 0 Å². The van der Waals surface area contributed by atoms with Gasteiger partial charge in [0.25, 0.3) is 0 Å². The fourth-order valence-electron chi connectivity index (χ4n) is 1.28. The fourth-order valence-corrected chi connectivity index (χ4v) is 1.28. The molecular formula is C7H7NO3. The van der Waals surface area contributed by atoms with Crippen molar-refractivity contribution in [2.45, 2.75) is 18.2 Å². The lowest BCUT2D eigenvalue weighted by Gasteiger charge is -2.02. The van der Waals surface area contributed by atoms with Crippen LogP contribution in [0.15, 0.2) is 24.3 Å². The van der Waals surface area contributed by atoms with Crippen molar-refractivity contribution >= 4 is 0 Å². The van der Waals surface area contributed by atoms with Crippen LogP contribution < -0.4 is 0 Å². The molecule has 2 aliphatic rings. The first-order valence-electron chi connectivity index (χ1n) is 3.40. The Balaban J connectivity index is 2.13. The first-order chi connectivity index (χ1) is 5.25. The molecule has 1 fully saturated rings. The highest BCUT2D eigenvalue weighted by Crippen LogP contribution is 2.42. The van der Waals surface area contributed by atoms with Crippen molar-refractivity contribution in [2.24, 2.45) is 0 Å². The van der Waals surface area contributed by atoms with E-state index in [1.165, 1.54) is 0 Å². The second-order valence-corrected chi connectivity index (χ2v) is 2.70. The van der Waals surface area contributed by atoms with E-state index in [-0.39, 0.29) is 4.92 Å². The number of hydrogen-bond donors (Lipinski definition) is 0. The van der Waals surface area contributed by atoms with Gasteiger partial charge in [-0.15, -0.1) is 0 Å². The van der Waals surface area contributed by atoms with Crippen molar-refractivity contribution in [2.75, 3.05) is 0 Å². The summed E-state index contributed by atoms with van der Waals surface area (Å²) in [6.45, 7) is 0. The summed E-state index contributed by atoms with van der Waals surface area (Å²) in [7, 11) is 0. The molecule has 0 bridgehead atoms. The van der Waals surface area contributed by atoms with E-state index < -0.39 is 11.8 Å². The summed E-state index contributed by atoms with van der Waals surface area (Å²) in [5.74, 6) is 0. The molecule has 1 heterocycles. The van der Waals surface area contributed by atoms with Gasteiger partial charge in [-0.05, 0) is 6.08 Å². The zero-order chi connectivity index (χ0) is 7.90. The standard InChI is InChI=1S/C7H7NO3/c9-8(10)6-7(11-6)4-2-1-3-5-7/h1-4,6H,5H2. The minimum atomic E-state index is -0.816. The largest absolute Gasteiger partial charge is 0.349 e. The normalized spacial score (nSPS) is 39.5. The van der Waals surface area contributed by atoms with E-state index >= 15 is 0 Å². The summed E-state index contributed by atoms with van der Waals surface area (Å²) in [4.78, 5) is 9.87. The zero-order valence-electron chi connectivity index (χ0n) is 5.77. The molecule has 0 N–H and O–H groups in total. The van der Waals surface area contributed by atoms with E-state index in [4.69, 9.17) is 4.74 Å². The highest BCUT2D eigenvalue weighted by Gasteiger charge is 2.64. The third-order valence-electron chi connectivity index (χ3n) is 1.95. The van der Waals surface area contributed by atoms with E-state index in [0.29, 0.717) is 6.42 Å². The maximum Gasteiger partial charge on any atom is 0.349 e. The smallest absolute Gasteiger partial charge is 0.293 e. The van der Waals surface area contributed by atoms with Gasteiger partial charge in [0.2, 0.25) is 0 Å². The van der Waals surface area contributed by atoms with Gasteiger partial charge >= 0.3 is 6.23 Å². The van der Waals surface area contributed by atoms with Crippen LogP contribution in [0.5, 0.6) is 0 Å². The SMILES string of the molecule is O=[N+]([O-])C1OC12C=CC=CC2. The molecular weight excluding hydrogens is 146 g/mol. The number of allylic oxidation sites excluding steroid dienone is 2. The first-order valence-corrected chi connectivity index (χ1v) is 3.40. The average molecular weight is 153 g/mol. The average Bonchev–Trinajstić information content (AvgIpc) is 2.66. The zero-order valence-corrected chi connectivity index (χ0v) is 5.77. The second-order valence-electron chi connectivity index (χ2n) is 2.70. The third-order valence-corrected chi connectivity index (χ3v) is 1.95. The molecule has 1 aliphatic carbocycles.